The maximum Gasteiger partial charge on any atom is 0.232 e. The molecule has 0 atom stereocenters. The van der Waals surface area contributed by atoms with Gasteiger partial charge >= 0.3 is 0 Å². The molecule has 26 heavy (non-hydrogen) atoms. The highest BCUT2D eigenvalue weighted by Gasteiger charge is 2.28. The Morgan fingerprint density at radius 1 is 1.19 bits per heavy atom. The normalized spacial score (nSPS) is 18.0. The molecule has 2 aromatic rings. The topological polar surface area (TPSA) is 63.1 Å². The van der Waals surface area contributed by atoms with Crippen LogP contribution in [-0.2, 0) is 17.9 Å². The fourth-order valence-electron chi connectivity index (χ4n) is 3.67. The second-order valence-corrected chi connectivity index (χ2v) is 8.11. The average molecular weight is 372 g/mol. The van der Waals surface area contributed by atoms with E-state index in [1.807, 2.05) is 4.90 Å². The summed E-state index contributed by atoms with van der Waals surface area (Å²) in [6.07, 6.45) is 1.96. The number of aromatic nitrogens is 3. The molecule has 3 heterocycles. The second kappa shape index (κ2) is 7.80. The van der Waals surface area contributed by atoms with E-state index in [1.165, 1.54) is 5.56 Å². The lowest BCUT2D eigenvalue weighted by Crippen LogP contribution is -2.39. The molecule has 0 unspecified atom stereocenters. The number of hydrogen-bond acceptors (Lipinski definition) is 5. The van der Waals surface area contributed by atoms with Gasteiger partial charge in [-0.1, -0.05) is 17.7 Å². The van der Waals surface area contributed by atoms with E-state index in [0.29, 0.717) is 11.7 Å². The van der Waals surface area contributed by atoms with Gasteiger partial charge in [-0.15, -0.1) is 22.0 Å². The molecule has 2 aliphatic heterocycles. The van der Waals surface area contributed by atoms with E-state index in [1.54, 1.807) is 11.8 Å². The van der Waals surface area contributed by atoms with Gasteiger partial charge in [0, 0.05) is 37.0 Å². The summed E-state index contributed by atoms with van der Waals surface area (Å²) in [6, 6.07) is 8.35. The Morgan fingerprint density at radius 2 is 1.96 bits per heavy atom. The molecule has 0 saturated carbocycles. The first kappa shape index (κ1) is 17.5. The lowest BCUT2D eigenvalue weighted by Gasteiger charge is -2.32. The van der Waals surface area contributed by atoms with Gasteiger partial charge in [-0.3, -0.25) is 4.79 Å². The molecule has 0 aliphatic carbocycles. The molecule has 1 fully saturated rings. The lowest BCUT2D eigenvalue weighted by molar-refractivity contribution is -0.129. The first-order valence-corrected chi connectivity index (χ1v) is 10.3. The SMILES string of the molecule is Cc1ccc(SCC(=O)N2CCC(c3nnc4n3CCNC4)CC2)cc1. The smallest absolute Gasteiger partial charge is 0.232 e. The van der Waals surface area contributed by atoms with Gasteiger partial charge in [-0.2, -0.15) is 0 Å². The van der Waals surface area contributed by atoms with E-state index >= 15 is 0 Å². The average Bonchev–Trinajstić information content (AvgIpc) is 3.11. The highest BCUT2D eigenvalue weighted by atomic mass is 32.2. The molecular weight excluding hydrogens is 346 g/mol. The number of benzene rings is 1. The van der Waals surface area contributed by atoms with Crippen LogP contribution in [0.3, 0.4) is 0 Å². The van der Waals surface area contributed by atoms with Crippen LogP contribution in [0.5, 0.6) is 0 Å². The van der Waals surface area contributed by atoms with Crippen LogP contribution in [0.4, 0.5) is 0 Å². The zero-order valence-electron chi connectivity index (χ0n) is 15.1. The van der Waals surface area contributed by atoms with Crippen molar-refractivity contribution in [2.24, 2.45) is 0 Å². The Labute approximate surface area is 158 Å². The van der Waals surface area contributed by atoms with Crippen molar-refractivity contribution in [3.8, 4) is 0 Å². The van der Waals surface area contributed by atoms with E-state index in [-0.39, 0.29) is 5.91 Å². The van der Waals surface area contributed by atoms with Crippen LogP contribution in [0.15, 0.2) is 29.2 Å². The van der Waals surface area contributed by atoms with Crippen molar-refractivity contribution in [3.05, 3.63) is 41.5 Å². The van der Waals surface area contributed by atoms with Crippen LogP contribution < -0.4 is 5.32 Å². The number of aryl methyl sites for hydroxylation is 1. The quantitative estimate of drug-likeness (QED) is 0.835. The largest absolute Gasteiger partial charge is 0.342 e. The number of nitrogens with one attached hydrogen (secondary N) is 1. The Kier molecular flexibility index (Phi) is 5.26. The van der Waals surface area contributed by atoms with E-state index in [2.05, 4.69) is 51.3 Å². The maximum absolute atomic E-state index is 12.5. The predicted molar refractivity (Wildman–Crippen MR) is 102 cm³/mol. The lowest BCUT2D eigenvalue weighted by atomic mass is 9.95. The zero-order valence-corrected chi connectivity index (χ0v) is 16.0. The minimum absolute atomic E-state index is 0.237. The van der Waals surface area contributed by atoms with Crippen molar-refractivity contribution in [1.29, 1.82) is 0 Å². The molecule has 1 saturated heterocycles. The highest BCUT2D eigenvalue weighted by Crippen LogP contribution is 2.28. The highest BCUT2D eigenvalue weighted by molar-refractivity contribution is 8.00. The molecule has 1 aromatic carbocycles. The van der Waals surface area contributed by atoms with Crippen LogP contribution in [0, 0.1) is 6.92 Å². The van der Waals surface area contributed by atoms with Crippen molar-refractivity contribution < 1.29 is 4.79 Å². The Balaban J connectivity index is 1.30. The molecule has 0 spiro atoms. The number of thioether (sulfide) groups is 1. The third kappa shape index (κ3) is 3.78. The van der Waals surface area contributed by atoms with E-state index in [9.17, 15) is 4.79 Å². The summed E-state index contributed by atoms with van der Waals surface area (Å²) < 4.78 is 2.27. The van der Waals surface area contributed by atoms with Gasteiger partial charge in [0.2, 0.25) is 5.91 Å². The Hall–Kier alpha value is -1.86. The molecule has 0 radical (unpaired) electrons. The summed E-state index contributed by atoms with van der Waals surface area (Å²) in [5, 5.41) is 12.1. The third-order valence-corrected chi connectivity index (χ3v) is 6.24. The van der Waals surface area contributed by atoms with E-state index in [4.69, 9.17) is 0 Å². The van der Waals surface area contributed by atoms with Gasteiger partial charge < -0.3 is 14.8 Å². The predicted octanol–water partition coefficient (Wildman–Crippen LogP) is 2.19. The molecule has 1 aromatic heterocycles. The minimum atomic E-state index is 0.237. The first-order chi connectivity index (χ1) is 12.7. The first-order valence-electron chi connectivity index (χ1n) is 9.30. The number of hydrogen-bond donors (Lipinski definition) is 1. The van der Waals surface area contributed by atoms with Gasteiger partial charge in [0.1, 0.15) is 11.6 Å². The number of carbonyl (C=O) groups excluding carboxylic acids is 1. The molecule has 7 heteroatoms. The fourth-order valence-corrected chi connectivity index (χ4v) is 4.48. The van der Waals surface area contributed by atoms with Crippen LogP contribution in [-0.4, -0.2) is 51.0 Å². The summed E-state index contributed by atoms with van der Waals surface area (Å²) in [5.74, 6) is 3.33. The van der Waals surface area contributed by atoms with Gasteiger partial charge in [0.25, 0.3) is 0 Å². The van der Waals surface area contributed by atoms with Crippen molar-refractivity contribution in [1.82, 2.24) is 25.0 Å². The summed E-state index contributed by atoms with van der Waals surface area (Å²) in [7, 11) is 0. The van der Waals surface area contributed by atoms with E-state index < -0.39 is 0 Å². The zero-order chi connectivity index (χ0) is 17.9. The van der Waals surface area contributed by atoms with E-state index in [0.717, 1.165) is 62.1 Å². The van der Waals surface area contributed by atoms with Gasteiger partial charge in [-0.25, -0.2) is 0 Å². The number of amides is 1. The number of likely N-dealkylation sites (tertiary alicyclic amines) is 1. The monoisotopic (exact) mass is 371 g/mol. The van der Waals surface area contributed by atoms with Gasteiger partial charge in [-0.05, 0) is 31.9 Å². The van der Waals surface area contributed by atoms with Crippen LogP contribution in [0.25, 0.3) is 0 Å². The molecule has 6 nitrogen and oxygen atoms in total. The molecule has 138 valence electrons. The molecule has 2 aliphatic rings. The summed E-state index contributed by atoms with van der Waals surface area (Å²) >= 11 is 1.62. The number of rotatable bonds is 4. The second-order valence-electron chi connectivity index (χ2n) is 7.06. The summed E-state index contributed by atoms with van der Waals surface area (Å²) in [5.41, 5.74) is 1.24. The molecule has 1 amide bonds. The number of piperidine rings is 1. The minimum Gasteiger partial charge on any atom is -0.342 e. The van der Waals surface area contributed by atoms with Crippen LogP contribution in [0.2, 0.25) is 0 Å². The van der Waals surface area contributed by atoms with Gasteiger partial charge in [0.05, 0.1) is 12.3 Å². The van der Waals surface area contributed by atoms with Crippen molar-refractivity contribution in [3.63, 3.8) is 0 Å². The number of nitrogens with zero attached hydrogens (tertiary/aromatic N) is 4. The maximum atomic E-state index is 12.5. The fraction of sp³-hybridized carbons (Fsp3) is 0.526. The van der Waals surface area contributed by atoms with Gasteiger partial charge in [0.15, 0.2) is 0 Å². The Morgan fingerprint density at radius 3 is 2.73 bits per heavy atom. The van der Waals surface area contributed by atoms with Crippen molar-refractivity contribution >= 4 is 17.7 Å². The third-order valence-electron chi connectivity index (χ3n) is 5.25. The number of fused-ring (bicyclic) bond motifs is 1. The van der Waals surface area contributed by atoms with Crippen LogP contribution >= 0.6 is 11.8 Å². The number of carbonyl (C=O) groups is 1. The molecule has 0 bridgehead atoms. The van der Waals surface area contributed by atoms with Crippen molar-refractivity contribution in [2.45, 2.75) is 43.7 Å². The molecule has 1 N–H and O–H groups in total. The Bertz CT molecular complexity index is 765. The summed E-state index contributed by atoms with van der Waals surface area (Å²) in [4.78, 5) is 15.7. The molecule has 4 rings (SSSR count). The molecular formula is C19H25N5OS. The van der Waals surface area contributed by atoms with Crippen molar-refractivity contribution in [2.75, 3.05) is 25.4 Å². The standard InChI is InChI=1S/C19H25N5OS/c1-14-2-4-16(5-3-14)26-13-18(25)23-9-6-15(7-10-23)19-22-21-17-12-20-8-11-24(17)19/h2-5,15,20H,6-13H2,1H3. The summed E-state index contributed by atoms with van der Waals surface area (Å²) in [6.45, 7) is 6.44. The van der Waals surface area contributed by atoms with Crippen LogP contribution in [0.1, 0.15) is 36.0 Å².